The molecule has 4 rings (SSSR count). The van der Waals surface area contributed by atoms with Gasteiger partial charge in [-0.05, 0) is 0 Å². The minimum atomic E-state index is -2.13. The van der Waals surface area contributed by atoms with E-state index in [1.165, 1.54) is 21.1 Å². The summed E-state index contributed by atoms with van der Waals surface area (Å²) in [6, 6.07) is 34.4. The van der Waals surface area contributed by atoms with Crippen LogP contribution >= 0.6 is 0 Å². The maximum atomic E-state index is 3.35. The van der Waals surface area contributed by atoms with Crippen LogP contribution in [0, 0.1) is 6.08 Å². The van der Waals surface area contributed by atoms with Crippen molar-refractivity contribution in [1.82, 2.24) is 0 Å². The molecule has 3 aromatic rings. The molecule has 29 heavy (non-hydrogen) atoms. The molecule has 3 aromatic carbocycles. The molecule has 0 saturated heterocycles. The third-order valence-electron chi connectivity index (χ3n) is 5.04. The van der Waals surface area contributed by atoms with Gasteiger partial charge in [0, 0.05) is 0 Å². The second-order valence-corrected chi connectivity index (χ2v) is 10.4. The number of allylic oxidation sites excluding steroid dienone is 4. The Morgan fingerprint density at radius 3 is 1.31 bits per heavy atom. The van der Waals surface area contributed by atoms with Crippen molar-refractivity contribution in [3.05, 3.63) is 115 Å². The molecule has 0 spiro atoms. The zero-order valence-corrected chi connectivity index (χ0v) is 20.7. The molecule has 146 valence electrons. The van der Waals surface area contributed by atoms with Crippen molar-refractivity contribution < 1.29 is 58.9 Å². The molecule has 5 heteroatoms. The summed E-state index contributed by atoms with van der Waals surface area (Å²) in [6.07, 6.45) is 8.82. The first-order valence-corrected chi connectivity index (χ1v) is 11.0. The summed E-state index contributed by atoms with van der Waals surface area (Å²) in [4.78, 5) is 0. The molecule has 0 aromatic heterocycles. The molecule has 1 aliphatic carbocycles. The van der Waals surface area contributed by atoms with Crippen LogP contribution < -0.4 is 52.8 Å². The van der Waals surface area contributed by atoms with Crippen LogP contribution in [0.2, 0.25) is 6.04 Å². The van der Waals surface area contributed by atoms with Gasteiger partial charge in [0.1, 0.15) is 8.07 Å². The zero-order chi connectivity index (χ0) is 17.0. The molecule has 0 nitrogen and oxygen atoms in total. The summed E-state index contributed by atoms with van der Waals surface area (Å²) in [7, 11) is -2.13. The molecule has 0 N–H and O–H groups in total. The van der Waals surface area contributed by atoms with Crippen LogP contribution in [-0.4, -0.2) is 8.07 Å². The van der Waals surface area contributed by atoms with E-state index in [0.29, 0.717) is 0 Å². The van der Waals surface area contributed by atoms with Gasteiger partial charge < -0.3 is 37.2 Å². The van der Waals surface area contributed by atoms with E-state index >= 15 is 0 Å². The Morgan fingerprint density at radius 1 is 0.621 bits per heavy atom. The van der Waals surface area contributed by atoms with E-state index in [2.05, 4.69) is 109 Å². The fraction of sp³-hybridized carbons (Fsp3) is 0.0833. The number of halogens is 3. The summed E-state index contributed by atoms with van der Waals surface area (Å²) < 4.78 is 0. The molecule has 0 amide bonds. The molecular weight excluding hydrogens is 471 g/mol. The molecule has 0 fully saturated rings. The van der Waals surface area contributed by atoms with Gasteiger partial charge in [-0.1, -0.05) is 113 Å². The van der Waals surface area contributed by atoms with E-state index in [1.807, 2.05) is 0 Å². The van der Waals surface area contributed by atoms with Crippen LogP contribution in [0.5, 0.6) is 0 Å². The van der Waals surface area contributed by atoms with Crippen molar-refractivity contribution in [2.75, 3.05) is 0 Å². The average Bonchev–Trinajstić information content (AvgIpc) is 3.21. The molecule has 0 unspecified atom stereocenters. The van der Waals surface area contributed by atoms with Gasteiger partial charge in [-0.3, -0.25) is 6.08 Å². The van der Waals surface area contributed by atoms with Crippen LogP contribution in [0.4, 0.5) is 0 Å². The third-order valence-corrected chi connectivity index (χ3v) is 9.93. The van der Waals surface area contributed by atoms with Gasteiger partial charge in [-0.15, -0.1) is 6.42 Å². The number of hydrogen-bond acceptors (Lipinski definition) is 0. The van der Waals surface area contributed by atoms with E-state index in [4.69, 9.17) is 0 Å². The first-order chi connectivity index (χ1) is 12.4. The van der Waals surface area contributed by atoms with E-state index in [-0.39, 0.29) is 58.9 Å². The molecular formula is C24H21Cl3SiTi. The molecule has 0 radical (unpaired) electrons. The minimum absolute atomic E-state index is 0. The van der Waals surface area contributed by atoms with Crippen molar-refractivity contribution in [3.63, 3.8) is 0 Å². The predicted octanol–water partition coefficient (Wildman–Crippen LogP) is -5.14. The standard InChI is InChI=1S/C24H21Si.3ClH.Ti/c1-4-14-22(15-5-1)25(20-21-12-10-11-13-21,23-16-6-2-7-17-23)24-18-8-3-9-19-24;;;;/h1-9,12-19H,10,20H2;3*1H;/q-1;;;;+4/p-3. The second kappa shape index (κ2) is 13.3. The predicted molar refractivity (Wildman–Crippen MR) is 109 cm³/mol. The first-order valence-electron chi connectivity index (χ1n) is 8.82. The van der Waals surface area contributed by atoms with Crippen LogP contribution in [0.3, 0.4) is 0 Å². The molecule has 1 aliphatic rings. The van der Waals surface area contributed by atoms with Crippen molar-refractivity contribution in [2.24, 2.45) is 0 Å². The summed E-state index contributed by atoms with van der Waals surface area (Å²) in [5, 5.41) is 4.40. The van der Waals surface area contributed by atoms with Gasteiger partial charge in [0.2, 0.25) is 0 Å². The van der Waals surface area contributed by atoms with Crippen molar-refractivity contribution >= 4 is 23.6 Å². The van der Waals surface area contributed by atoms with Crippen LogP contribution in [0.15, 0.2) is 109 Å². The fourth-order valence-electron chi connectivity index (χ4n) is 3.84. The van der Waals surface area contributed by atoms with Gasteiger partial charge in [-0.2, -0.15) is 6.08 Å². The van der Waals surface area contributed by atoms with E-state index < -0.39 is 8.07 Å². The minimum Gasteiger partial charge on any atom is -1.00 e. The van der Waals surface area contributed by atoms with E-state index in [1.54, 1.807) is 0 Å². The third kappa shape index (κ3) is 5.98. The number of hydrogen-bond donors (Lipinski definition) is 0. The smallest absolute Gasteiger partial charge is 1.00 e. The zero-order valence-electron chi connectivity index (χ0n) is 15.9. The number of benzene rings is 3. The topological polar surface area (TPSA) is 0 Å². The van der Waals surface area contributed by atoms with Gasteiger partial charge in [0.25, 0.3) is 0 Å². The quantitative estimate of drug-likeness (QED) is 0.190. The van der Waals surface area contributed by atoms with Crippen LogP contribution in [-0.2, 0) is 21.7 Å². The van der Waals surface area contributed by atoms with Gasteiger partial charge >= 0.3 is 21.7 Å². The first kappa shape index (κ1) is 27.9. The summed E-state index contributed by atoms with van der Waals surface area (Å²) in [6.45, 7) is 0. The average molecular weight is 492 g/mol. The second-order valence-electron chi connectivity index (χ2n) is 6.51. The summed E-state index contributed by atoms with van der Waals surface area (Å²) in [5.41, 5.74) is 1.42. The molecule has 0 heterocycles. The van der Waals surface area contributed by atoms with Crippen molar-refractivity contribution in [3.8, 4) is 0 Å². The van der Waals surface area contributed by atoms with Crippen LogP contribution in [0.25, 0.3) is 0 Å². The maximum Gasteiger partial charge on any atom is 4.00 e. The van der Waals surface area contributed by atoms with Gasteiger partial charge in [-0.25, -0.2) is 11.6 Å². The Kier molecular flexibility index (Phi) is 12.8. The van der Waals surface area contributed by atoms with E-state index in [0.717, 1.165) is 12.5 Å². The fourth-order valence-corrected chi connectivity index (χ4v) is 8.60. The summed E-state index contributed by atoms with van der Waals surface area (Å²) in [5.74, 6) is 0. The maximum absolute atomic E-state index is 3.35. The van der Waals surface area contributed by atoms with Gasteiger partial charge in [0.15, 0.2) is 0 Å². The van der Waals surface area contributed by atoms with Crippen LogP contribution in [0.1, 0.15) is 6.42 Å². The Hall–Kier alpha value is -1.06. The molecule has 0 aliphatic heterocycles. The monoisotopic (exact) mass is 490 g/mol. The molecule has 0 saturated carbocycles. The Balaban J connectivity index is 0.00000196. The molecule has 0 bridgehead atoms. The van der Waals surface area contributed by atoms with Crippen molar-refractivity contribution in [1.29, 1.82) is 0 Å². The largest absolute Gasteiger partial charge is 4.00 e. The Morgan fingerprint density at radius 2 is 1.00 bits per heavy atom. The van der Waals surface area contributed by atoms with E-state index in [9.17, 15) is 0 Å². The number of rotatable bonds is 5. The summed E-state index contributed by atoms with van der Waals surface area (Å²) >= 11 is 0. The normalized spacial score (nSPS) is 11.8. The SMILES string of the molecule is [C-]1=CC(C[Si](c2ccccc2)(c2ccccc2)c2ccccc2)=CC1.[Cl-].[Cl-].[Cl-].[Ti+4]. The van der Waals surface area contributed by atoms with Gasteiger partial charge in [0.05, 0.1) is 0 Å². The Bertz CT molecular complexity index is 801. The van der Waals surface area contributed by atoms with Crippen molar-refractivity contribution in [2.45, 2.75) is 12.5 Å². The Labute approximate surface area is 208 Å². The molecule has 0 atom stereocenters.